The average Bonchev–Trinajstić information content (AvgIpc) is 3.21. The molecule has 0 atom stereocenters. The van der Waals surface area contributed by atoms with E-state index in [0.717, 1.165) is 30.5 Å². The van der Waals surface area contributed by atoms with Gasteiger partial charge >= 0.3 is 0 Å². The summed E-state index contributed by atoms with van der Waals surface area (Å²) in [7, 11) is -3.57. The minimum Gasteiger partial charge on any atom is -0.330 e. The third-order valence-electron chi connectivity index (χ3n) is 3.41. The molecular formula is C14H17N3O2S2. The molecule has 21 heavy (non-hydrogen) atoms. The van der Waals surface area contributed by atoms with Crippen molar-refractivity contribution in [3.8, 4) is 0 Å². The largest absolute Gasteiger partial charge is 0.330 e. The van der Waals surface area contributed by atoms with Gasteiger partial charge in [-0.2, -0.15) is 0 Å². The van der Waals surface area contributed by atoms with Gasteiger partial charge in [-0.15, -0.1) is 11.3 Å². The lowest BCUT2D eigenvalue weighted by atomic mass is 10.2. The quantitative estimate of drug-likeness (QED) is 0.854. The Morgan fingerprint density at radius 3 is 2.62 bits per heavy atom. The van der Waals surface area contributed by atoms with E-state index < -0.39 is 10.0 Å². The van der Waals surface area contributed by atoms with Crippen LogP contribution in [-0.4, -0.2) is 19.9 Å². The van der Waals surface area contributed by atoms with Gasteiger partial charge in [0.15, 0.2) is 5.13 Å². The van der Waals surface area contributed by atoms with Crippen molar-refractivity contribution in [2.45, 2.75) is 30.1 Å². The third-order valence-corrected chi connectivity index (χ3v) is 5.67. The van der Waals surface area contributed by atoms with Gasteiger partial charge in [-0.3, -0.25) is 4.72 Å². The summed E-state index contributed by atoms with van der Waals surface area (Å²) in [5.74, 6) is 0.523. The molecule has 1 aromatic carbocycles. The number of thiazole rings is 1. The molecule has 1 aliphatic carbocycles. The Balaban J connectivity index is 1.75. The van der Waals surface area contributed by atoms with Crippen LogP contribution in [0.4, 0.5) is 5.13 Å². The molecule has 2 aromatic rings. The number of sulfonamides is 1. The van der Waals surface area contributed by atoms with Gasteiger partial charge in [-0.1, -0.05) is 12.1 Å². The highest BCUT2D eigenvalue weighted by atomic mass is 32.2. The van der Waals surface area contributed by atoms with Crippen LogP contribution in [0.25, 0.3) is 0 Å². The van der Waals surface area contributed by atoms with E-state index in [2.05, 4.69) is 9.71 Å². The first-order valence-electron chi connectivity index (χ1n) is 6.86. The van der Waals surface area contributed by atoms with E-state index in [1.54, 1.807) is 24.3 Å². The summed E-state index contributed by atoms with van der Waals surface area (Å²) in [6.45, 7) is 0.549. The highest BCUT2D eigenvalue weighted by Crippen LogP contribution is 2.41. The molecule has 1 saturated carbocycles. The Morgan fingerprint density at radius 2 is 2.00 bits per heavy atom. The van der Waals surface area contributed by atoms with Crippen molar-refractivity contribution in [2.75, 3.05) is 11.3 Å². The maximum atomic E-state index is 12.3. The molecule has 0 radical (unpaired) electrons. The van der Waals surface area contributed by atoms with Crippen LogP contribution in [0.15, 0.2) is 34.5 Å². The summed E-state index contributed by atoms with van der Waals surface area (Å²) in [5, 5.41) is 2.36. The first-order valence-corrected chi connectivity index (χ1v) is 9.22. The number of nitrogens with one attached hydrogen (secondary N) is 1. The van der Waals surface area contributed by atoms with Crippen molar-refractivity contribution in [2.24, 2.45) is 5.73 Å². The molecule has 7 heteroatoms. The smallest absolute Gasteiger partial charge is 0.263 e. The van der Waals surface area contributed by atoms with Crippen molar-refractivity contribution in [3.63, 3.8) is 0 Å². The fourth-order valence-corrected chi connectivity index (χ4v) is 4.12. The van der Waals surface area contributed by atoms with Gasteiger partial charge in [0.05, 0.1) is 10.6 Å². The van der Waals surface area contributed by atoms with Crippen molar-refractivity contribution < 1.29 is 8.42 Å². The van der Waals surface area contributed by atoms with E-state index in [9.17, 15) is 8.42 Å². The molecule has 1 aliphatic rings. The van der Waals surface area contributed by atoms with Gasteiger partial charge in [-0.25, -0.2) is 13.4 Å². The van der Waals surface area contributed by atoms with Crippen LogP contribution in [0.3, 0.4) is 0 Å². The van der Waals surface area contributed by atoms with Gasteiger partial charge < -0.3 is 5.73 Å². The van der Waals surface area contributed by atoms with Gasteiger partial charge in [0.1, 0.15) is 0 Å². The monoisotopic (exact) mass is 323 g/mol. The van der Waals surface area contributed by atoms with Crippen LogP contribution < -0.4 is 10.5 Å². The molecule has 1 aromatic heterocycles. The second-order valence-electron chi connectivity index (χ2n) is 5.14. The fourth-order valence-electron chi connectivity index (χ4n) is 2.08. The Kier molecular flexibility index (Phi) is 3.97. The van der Waals surface area contributed by atoms with E-state index in [1.807, 2.05) is 5.38 Å². The number of nitrogens with zero attached hydrogens (tertiary/aromatic N) is 1. The Morgan fingerprint density at radius 1 is 1.29 bits per heavy atom. The molecule has 0 aliphatic heterocycles. The highest BCUT2D eigenvalue weighted by molar-refractivity contribution is 7.93. The topological polar surface area (TPSA) is 85.1 Å². The Hall–Kier alpha value is -1.44. The molecule has 0 amide bonds. The van der Waals surface area contributed by atoms with Gasteiger partial charge in [0, 0.05) is 11.3 Å². The second-order valence-corrected chi connectivity index (χ2v) is 7.68. The molecule has 3 rings (SSSR count). The third kappa shape index (κ3) is 3.42. The van der Waals surface area contributed by atoms with Gasteiger partial charge in [0.2, 0.25) is 0 Å². The molecule has 0 unspecified atom stereocenters. The first-order chi connectivity index (χ1) is 10.1. The van der Waals surface area contributed by atoms with Gasteiger partial charge in [0.25, 0.3) is 10.0 Å². The first kappa shape index (κ1) is 14.5. The normalized spacial score (nSPS) is 15.1. The van der Waals surface area contributed by atoms with Crippen LogP contribution in [0.1, 0.15) is 30.0 Å². The number of rotatable bonds is 6. The summed E-state index contributed by atoms with van der Waals surface area (Å²) < 4.78 is 27.1. The maximum Gasteiger partial charge on any atom is 0.263 e. The molecule has 0 saturated heterocycles. The van der Waals surface area contributed by atoms with Crippen molar-refractivity contribution >= 4 is 26.5 Å². The predicted molar refractivity (Wildman–Crippen MR) is 84.1 cm³/mol. The Labute approximate surface area is 128 Å². The van der Waals surface area contributed by atoms with Crippen molar-refractivity contribution in [3.05, 3.63) is 40.9 Å². The minimum absolute atomic E-state index is 0.242. The zero-order chi connectivity index (χ0) is 14.9. The van der Waals surface area contributed by atoms with E-state index in [0.29, 0.717) is 17.6 Å². The molecule has 1 fully saturated rings. The van der Waals surface area contributed by atoms with Crippen molar-refractivity contribution in [1.29, 1.82) is 0 Å². The van der Waals surface area contributed by atoms with Crippen LogP contribution >= 0.6 is 11.3 Å². The molecule has 1 heterocycles. The lowest BCUT2D eigenvalue weighted by Gasteiger charge is -2.06. The summed E-state index contributed by atoms with van der Waals surface area (Å²) in [6, 6.07) is 6.78. The number of benzene rings is 1. The number of anilines is 1. The van der Waals surface area contributed by atoms with E-state index in [-0.39, 0.29) is 4.90 Å². The maximum absolute atomic E-state index is 12.3. The summed E-state index contributed by atoms with van der Waals surface area (Å²) in [4.78, 5) is 4.58. The van der Waals surface area contributed by atoms with E-state index in [1.165, 1.54) is 11.3 Å². The molecule has 3 N–H and O–H groups in total. The molecule has 112 valence electrons. The van der Waals surface area contributed by atoms with Gasteiger partial charge in [-0.05, 0) is 43.5 Å². The number of hydrogen-bond donors (Lipinski definition) is 2. The minimum atomic E-state index is -3.57. The van der Waals surface area contributed by atoms with Crippen molar-refractivity contribution in [1.82, 2.24) is 4.98 Å². The van der Waals surface area contributed by atoms with E-state index in [4.69, 9.17) is 5.73 Å². The SMILES string of the molecule is NCCc1ccc(S(=O)(=O)Nc2nc(C3CC3)cs2)cc1. The number of hydrogen-bond acceptors (Lipinski definition) is 5. The van der Waals surface area contributed by atoms with Crippen LogP contribution in [-0.2, 0) is 16.4 Å². The second kappa shape index (κ2) is 5.75. The highest BCUT2D eigenvalue weighted by Gasteiger charge is 2.26. The lowest BCUT2D eigenvalue weighted by Crippen LogP contribution is -2.13. The summed E-state index contributed by atoms with van der Waals surface area (Å²) in [6.07, 6.45) is 3.04. The van der Waals surface area contributed by atoms with E-state index >= 15 is 0 Å². The summed E-state index contributed by atoms with van der Waals surface area (Å²) in [5.41, 5.74) is 7.51. The molecule has 5 nitrogen and oxygen atoms in total. The number of nitrogens with two attached hydrogens (primary N) is 1. The molecular weight excluding hydrogens is 306 g/mol. The zero-order valence-electron chi connectivity index (χ0n) is 11.5. The fraction of sp³-hybridized carbons (Fsp3) is 0.357. The number of aromatic nitrogens is 1. The Bertz CT molecular complexity index is 719. The predicted octanol–water partition coefficient (Wildman–Crippen LogP) is 2.32. The van der Waals surface area contributed by atoms with Crippen LogP contribution in [0, 0.1) is 0 Å². The standard InChI is InChI=1S/C14H17N3O2S2/c15-8-7-10-1-5-12(6-2-10)21(18,19)17-14-16-13(9-20-14)11-3-4-11/h1-2,5-6,9,11H,3-4,7-8,15H2,(H,16,17). The molecule has 0 spiro atoms. The summed E-state index contributed by atoms with van der Waals surface area (Å²) >= 11 is 1.33. The zero-order valence-corrected chi connectivity index (χ0v) is 13.1. The average molecular weight is 323 g/mol. The molecule has 0 bridgehead atoms. The van der Waals surface area contributed by atoms with Crippen LogP contribution in [0.5, 0.6) is 0 Å². The van der Waals surface area contributed by atoms with Crippen LogP contribution in [0.2, 0.25) is 0 Å². The lowest BCUT2D eigenvalue weighted by molar-refractivity contribution is 0.601.